The molecule has 100 valence electrons. The first-order chi connectivity index (χ1) is 8.20. The number of hydrogen-bond donors (Lipinski definition) is 1. The van der Waals surface area contributed by atoms with Crippen LogP contribution in [-0.2, 0) is 0 Å². The molecular formula is C15H30N2. The number of likely N-dealkylation sites (tertiary alicyclic amines) is 1. The first-order valence-electron chi connectivity index (χ1n) is 7.68. The van der Waals surface area contributed by atoms with Crippen LogP contribution in [0.15, 0.2) is 0 Å². The molecule has 2 nitrogen and oxygen atoms in total. The third kappa shape index (κ3) is 3.96. The molecule has 2 atom stereocenters. The monoisotopic (exact) mass is 238 g/mol. The largest absolute Gasteiger partial charge is 0.314 e. The lowest BCUT2D eigenvalue weighted by Crippen LogP contribution is -2.47. The molecule has 2 fully saturated rings. The van der Waals surface area contributed by atoms with Gasteiger partial charge in [-0.2, -0.15) is 0 Å². The third-order valence-corrected chi connectivity index (χ3v) is 4.97. The summed E-state index contributed by atoms with van der Waals surface area (Å²) in [5, 5.41) is 3.76. The van der Waals surface area contributed by atoms with Crippen LogP contribution in [0.4, 0.5) is 0 Å². The van der Waals surface area contributed by atoms with Gasteiger partial charge in [0.2, 0.25) is 0 Å². The molecule has 0 aromatic rings. The maximum absolute atomic E-state index is 3.76. The van der Waals surface area contributed by atoms with Gasteiger partial charge in [-0.25, -0.2) is 0 Å². The molecule has 1 N–H and O–H groups in total. The molecule has 1 saturated carbocycles. The van der Waals surface area contributed by atoms with Crippen LogP contribution in [0, 0.1) is 11.8 Å². The highest BCUT2D eigenvalue weighted by Crippen LogP contribution is 2.28. The number of nitrogens with zero attached hydrogens (tertiary/aromatic N) is 1. The zero-order chi connectivity index (χ0) is 12.3. The Kier molecular flexibility index (Phi) is 4.87. The van der Waals surface area contributed by atoms with E-state index in [0.717, 1.165) is 23.9 Å². The second-order valence-corrected chi connectivity index (χ2v) is 6.29. The van der Waals surface area contributed by atoms with Crippen LogP contribution < -0.4 is 5.32 Å². The molecule has 1 aliphatic heterocycles. The normalized spacial score (nSPS) is 27.0. The summed E-state index contributed by atoms with van der Waals surface area (Å²) in [7, 11) is 0. The predicted molar refractivity (Wildman–Crippen MR) is 74.2 cm³/mol. The van der Waals surface area contributed by atoms with E-state index < -0.39 is 0 Å². The van der Waals surface area contributed by atoms with Crippen LogP contribution in [0.5, 0.6) is 0 Å². The van der Waals surface area contributed by atoms with E-state index in [1.807, 2.05) is 0 Å². The van der Waals surface area contributed by atoms with E-state index in [1.165, 1.54) is 51.7 Å². The van der Waals surface area contributed by atoms with E-state index in [0.29, 0.717) is 0 Å². The third-order valence-electron chi connectivity index (χ3n) is 4.97. The Hall–Kier alpha value is -0.0800. The van der Waals surface area contributed by atoms with Crippen LogP contribution in [0.3, 0.4) is 0 Å². The van der Waals surface area contributed by atoms with E-state index >= 15 is 0 Å². The van der Waals surface area contributed by atoms with Gasteiger partial charge in [-0.1, -0.05) is 20.3 Å². The summed E-state index contributed by atoms with van der Waals surface area (Å²) in [6, 6.07) is 1.57. The van der Waals surface area contributed by atoms with Crippen molar-refractivity contribution in [2.75, 3.05) is 19.6 Å². The summed E-state index contributed by atoms with van der Waals surface area (Å²) in [6.07, 6.45) is 6.95. The van der Waals surface area contributed by atoms with E-state index in [1.54, 1.807) is 0 Å². The highest BCUT2D eigenvalue weighted by Gasteiger charge is 2.26. The summed E-state index contributed by atoms with van der Waals surface area (Å²) in [5.74, 6) is 1.86. The van der Waals surface area contributed by atoms with E-state index in [2.05, 4.69) is 31.0 Å². The molecule has 0 amide bonds. The number of nitrogens with one attached hydrogen (secondary N) is 1. The van der Waals surface area contributed by atoms with Gasteiger partial charge < -0.3 is 10.2 Å². The Labute approximate surface area is 107 Å². The van der Waals surface area contributed by atoms with E-state index in [-0.39, 0.29) is 0 Å². The minimum Gasteiger partial charge on any atom is -0.314 e. The van der Waals surface area contributed by atoms with Crippen molar-refractivity contribution in [1.29, 1.82) is 0 Å². The van der Waals surface area contributed by atoms with Crippen molar-refractivity contribution in [3.63, 3.8) is 0 Å². The smallest absolute Gasteiger partial charge is 0.00924 e. The van der Waals surface area contributed by atoms with Crippen molar-refractivity contribution in [2.24, 2.45) is 11.8 Å². The van der Waals surface area contributed by atoms with E-state index in [4.69, 9.17) is 0 Å². The molecular weight excluding hydrogens is 208 g/mol. The zero-order valence-corrected chi connectivity index (χ0v) is 11.9. The summed E-state index contributed by atoms with van der Waals surface area (Å²) in [5.41, 5.74) is 0. The van der Waals surface area contributed by atoms with Gasteiger partial charge >= 0.3 is 0 Å². The number of hydrogen-bond acceptors (Lipinski definition) is 2. The average molecular weight is 238 g/mol. The minimum absolute atomic E-state index is 0.768. The summed E-state index contributed by atoms with van der Waals surface area (Å²) >= 11 is 0. The molecule has 17 heavy (non-hydrogen) atoms. The second kappa shape index (κ2) is 6.19. The Balaban J connectivity index is 1.65. The maximum Gasteiger partial charge on any atom is 0.00924 e. The molecule has 0 aromatic carbocycles. The molecule has 2 rings (SSSR count). The molecule has 1 saturated heterocycles. The van der Waals surface area contributed by atoms with Gasteiger partial charge in [0.15, 0.2) is 0 Å². The van der Waals surface area contributed by atoms with Crippen LogP contribution in [0.2, 0.25) is 0 Å². The fraction of sp³-hybridized carbons (Fsp3) is 1.00. The van der Waals surface area contributed by atoms with Gasteiger partial charge in [-0.15, -0.1) is 0 Å². The number of piperidine rings is 1. The Morgan fingerprint density at radius 2 is 1.76 bits per heavy atom. The predicted octanol–water partition coefficient (Wildman–Crippen LogP) is 2.89. The molecule has 2 aliphatic rings. The first kappa shape index (κ1) is 13.4. The van der Waals surface area contributed by atoms with Gasteiger partial charge in [0.1, 0.15) is 0 Å². The molecule has 1 aliphatic carbocycles. The van der Waals surface area contributed by atoms with Gasteiger partial charge in [0.25, 0.3) is 0 Å². The van der Waals surface area contributed by atoms with Gasteiger partial charge in [0, 0.05) is 12.1 Å². The van der Waals surface area contributed by atoms with Crippen molar-refractivity contribution in [3.8, 4) is 0 Å². The molecule has 0 aromatic heterocycles. The Morgan fingerprint density at radius 1 is 1.12 bits per heavy atom. The SMILES string of the molecule is CCC(C)C(C)N1CCC(NCC2CC2)CC1. The van der Waals surface area contributed by atoms with E-state index in [9.17, 15) is 0 Å². The second-order valence-electron chi connectivity index (χ2n) is 6.29. The van der Waals surface area contributed by atoms with Crippen LogP contribution in [-0.4, -0.2) is 36.6 Å². The van der Waals surface area contributed by atoms with Gasteiger partial charge in [-0.05, 0) is 64.1 Å². The number of rotatable bonds is 6. The average Bonchev–Trinajstić information content (AvgIpc) is 3.19. The lowest BCUT2D eigenvalue weighted by atomic mass is 9.95. The summed E-state index contributed by atoms with van der Waals surface area (Å²) in [6.45, 7) is 11.0. The topological polar surface area (TPSA) is 15.3 Å². The van der Waals surface area contributed by atoms with Crippen molar-refractivity contribution in [1.82, 2.24) is 10.2 Å². The standard InChI is InChI=1S/C15H30N2/c1-4-12(2)13(3)17-9-7-15(8-10-17)16-11-14-5-6-14/h12-16H,4-11H2,1-3H3. The highest BCUT2D eigenvalue weighted by atomic mass is 15.2. The lowest BCUT2D eigenvalue weighted by molar-refractivity contribution is 0.117. The fourth-order valence-corrected chi connectivity index (χ4v) is 2.87. The Morgan fingerprint density at radius 3 is 2.29 bits per heavy atom. The fourth-order valence-electron chi connectivity index (χ4n) is 2.87. The maximum atomic E-state index is 3.76. The molecule has 1 heterocycles. The van der Waals surface area contributed by atoms with Gasteiger partial charge in [0.05, 0.1) is 0 Å². The van der Waals surface area contributed by atoms with Crippen LogP contribution in [0.25, 0.3) is 0 Å². The van der Waals surface area contributed by atoms with Crippen molar-refractivity contribution < 1.29 is 0 Å². The van der Waals surface area contributed by atoms with Crippen molar-refractivity contribution >= 4 is 0 Å². The highest BCUT2D eigenvalue weighted by molar-refractivity contribution is 4.84. The van der Waals surface area contributed by atoms with Crippen LogP contribution in [0.1, 0.15) is 52.9 Å². The summed E-state index contributed by atoms with van der Waals surface area (Å²) < 4.78 is 0. The Bertz CT molecular complexity index is 217. The van der Waals surface area contributed by atoms with Crippen molar-refractivity contribution in [2.45, 2.75) is 65.0 Å². The van der Waals surface area contributed by atoms with Crippen molar-refractivity contribution in [3.05, 3.63) is 0 Å². The first-order valence-corrected chi connectivity index (χ1v) is 7.68. The molecule has 0 radical (unpaired) electrons. The molecule has 2 heteroatoms. The molecule has 0 spiro atoms. The lowest BCUT2D eigenvalue weighted by Gasteiger charge is -2.38. The quantitative estimate of drug-likeness (QED) is 0.765. The molecule has 0 bridgehead atoms. The molecule has 2 unspecified atom stereocenters. The minimum atomic E-state index is 0.768. The van der Waals surface area contributed by atoms with Crippen LogP contribution >= 0.6 is 0 Å². The summed E-state index contributed by atoms with van der Waals surface area (Å²) in [4.78, 5) is 2.70. The van der Waals surface area contributed by atoms with Gasteiger partial charge in [-0.3, -0.25) is 0 Å². The zero-order valence-electron chi connectivity index (χ0n) is 11.9.